The molecule has 1 aliphatic rings. The van der Waals surface area contributed by atoms with Crippen LogP contribution in [-0.4, -0.2) is 31.0 Å². The summed E-state index contributed by atoms with van der Waals surface area (Å²) in [6.07, 6.45) is 2.68. The van der Waals surface area contributed by atoms with E-state index in [-0.39, 0.29) is 12.3 Å². The normalized spacial score (nSPS) is 18.5. The zero-order chi connectivity index (χ0) is 12.1. The molecule has 1 aliphatic heterocycles. The standard InChI is InChI=1S/C13H20N2O2/c1-3-14-12(8-13-16-6-7-17-13)11-5-4-10(2)15-9-11/h4-5,9,12-14H,3,6-8H2,1-2H3. The van der Waals surface area contributed by atoms with Crippen molar-refractivity contribution in [1.29, 1.82) is 0 Å². The van der Waals surface area contributed by atoms with E-state index in [9.17, 15) is 0 Å². The summed E-state index contributed by atoms with van der Waals surface area (Å²) < 4.78 is 11.0. The number of pyridine rings is 1. The number of rotatable bonds is 5. The first-order valence-corrected chi connectivity index (χ1v) is 6.18. The second-order valence-electron chi connectivity index (χ2n) is 4.25. The molecule has 0 bridgehead atoms. The molecule has 0 spiro atoms. The fraction of sp³-hybridized carbons (Fsp3) is 0.615. The van der Waals surface area contributed by atoms with Crippen LogP contribution in [0, 0.1) is 6.92 Å². The van der Waals surface area contributed by atoms with Crippen molar-refractivity contribution in [3.8, 4) is 0 Å². The van der Waals surface area contributed by atoms with Crippen molar-refractivity contribution >= 4 is 0 Å². The number of hydrogen-bond acceptors (Lipinski definition) is 4. The van der Waals surface area contributed by atoms with Gasteiger partial charge >= 0.3 is 0 Å². The van der Waals surface area contributed by atoms with Crippen LogP contribution in [0.25, 0.3) is 0 Å². The highest BCUT2D eigenvalue weighted by Gasteiger charge is 2.22. The number of nitrogens with zero attached hydrogens (tertiary/aromatic N) is 1. The summed E-state index contributed by atoms with van der Waals surface area (Å²) in [4.78, 5) is 4.34. The van der Waals surface area contributed by atoms with Gasteiger partial charge in [-0.25, -0.2) is 0 Å². The molecule has 0 radical (unpaired) electrons. The molecule has 1 atom stereocenters. The molecule has 4 heteroatoms. The van der Waals surface area contributed by atoms with Crippen molar-refractivity contribution in [2.45, 2.75) is 32.6 Å². The Kier molecular flexibility index (Phi) is 4.48. The average molecular weight is 236 g/mol. The van der Waals surface area contributed by atoms with E-state index in [0.29, 0.717) is 13.2 Å². The van der Waals surface area contributed by atoms with Gasteiger partial charge in [0, 0.05) is 24.4 Å². The minimum Gasteiger partial charge on any atom is -0.350 e. The van der Waals surface area contributed by atoms with Gasteiger partial charge in [-0.15, -0.1) is 0 Å². The molecule has 94 valence electrons. The molecule has 2 heterocycles. The van der Waals surface area contributed by atoms with Crippen LogP contribution in [0.1, 0.15) is 30.6 Å². The van der Waals surface area contributed by atoms with Crippen molar-refractivity contribution in [3.63, 3.8) is 0 Å². The molecule has 1 fully saturated rings. The Morgan fingerprint density at radius 1 is 1.41 bits per heavy atom. The van der Waals surface area contributed by atoms with Crippen LogP contribution >= 0.6 is 0 Å². The zero-order valence-electron chi connectivity index (χ0n) is 10.5. The van der Waals surface area contributed by atoms with Gasteiger partial charge in [0.05, 0.1) is 13.2 Å². The Bertz CT molecular complexity index is 334. The summed E-state index contributed by atoms with van der Waals surface area (Å²) in [5, 5.41) is 3.45. The molecule has 0 aliphatic carbocycles. The summed E-state index contributed by atoms with van der Waals surface area (Å²) in [6.45, 7) is 6.43. The number of hydrogen-bond donors (Lipinski definition) is 1. The van der Waals surface area contributed by atoms with E-state index in [1.165, 1.54) is 5.56 Å². The van der Waals surface area contributed by atoms with Crippen LogP contribution in [0.5, 0.6) is 0 Å². The largest absolute Gasteiger partial charge is 0.350 e. The lowest BCUT2D eigenvalue weighted by Crippen LogP contribution is -2.26. The Morgan fingerprint density at radius 2 is 2.18 bits per heavy atom. The van der Waals surface area contributed by atoms with Crippen molar-refractivity contribution < 1.29 is 9.47 Å². The molecule has 2 rings (SSSR count). The van der Waals surface area contributed by atoms with Gasteiger partial charge in [-0.1, -0.05) is 13.0 Å². The second-order valence-corrected chi connectivity index (χ2v) is 4.25. The highest BCUT2D eigenvalue weighted by Crippen LogP contribution is 2.21. The zero-order valence-corrected chi connectivity index (χ0v) is 10.5. The predicted octanol–water partition coefficient (Wildman–Crippen LogP) is 1.80. The molecule has 17 heavy (non-hydrogen) atoms. The number of ether oxygens (including phenoxy) is 2. The van der Waals surface area contributed by atoms with E-state index < -0.39 is 0 Å². The Morgan fingerprint density at radius 3 is 2.76 bits per heavy atom. The lowest BCUT2D eigenvalue weighted by molar-refractivity contribution is -0.0529. The Hall–Kier alpha value is -0.970. The molecule has 1 aromatic heterocycles. The minimum atomic E-state index is -0.0830. The van der Waals surface area contributed by atoms with Crippen LogP contribution in [0.4, 0.5) is 0 Å². The maximum atomic E-state index is 5.49. The van der Waals surface area contributed by atoms with E-state index in [1.807, 2.05) is 19.2 Å². The van der Waals surface area contributed by atoms with Crippen molar-refractivity contribution in [2.24, 2.45) is 0 Å². The molecule has 1 aromatic rings. The molecule has 0 aromatic carbocycles. The van der Waals surface area contributed by atoms with Crippen LogP contribution in [0.3, 0.4) is 0 Å². The lowest BCUT2D eigenvalue weighted by Gasteiger charge is -2.20. The third-order valence-corrected chi connectivity index (χ3v) is 2.91. The van der Waals surface area contributed by atoms with E-state index in [0.717, 1.165) is 18.7 Å². The van der Waals surface area contributed by atoms with Gasteiger partial charge in [0.25, 0.3) is 0 Å². The topological polar surface area (TPSA) is 43.4 Å². The van der Waals surface area contributed by atoms with Crippen LogP contribution in [0.2, 0.25) is 0 Å². The molecular weight excluding hydrogens is 216 g/mol. The number of nitrogens with one attached hydrogen (secondary N) is 1. The van der Waals surface area contributed by atoms with Gasteiger partial charge in [-0.3, -0.25) is 4.98 Å². The first-order valence-electron chi connectivity index (χ1n) is 6.18. The molecule has 1 saturated heterocycles. The Balaban J connectivity index is 2.02. The quantitative estimate of drug-likeness (QED) is 0.846. The summed E-state index contributed by atoms with van der Waals surface area (Å²) in [6, 6.07) is 4.40. The van der Waals surface area contributed by atoms with E-state index in [1.54, 1.807) is 0 Å². The fourth-order valence-corrected chi connectivity index (χ4v) is 2.00. The first kappa shape index (κ1) is 12.5. The van der Waals surface area contributed by atoms with E-state index >= 15 is 0 Å². The van der Waals surface area contributed by atoms with Gasteiger partial charge in [0.2, 0.25) is 0 Å². The van der Waals surface area contributed by atoms with Crippen LogP contribution in [0.15, 0.2) is 18.3 Å². The molecule has 1 N–H and O–H groups in total. The SMILES string of the molecule is CCNC(CC1OCCO1)c1ccc(C)nc1. The van der Waals surface area contributed by atoms with Gasteiger partial charge in [-0.05, 0) is 25.1 Å². The van der Waals surface area contributed by atoms with Crippen molar-refractivity contribution in [2.75, 3.05) is 19.8 Å². The maximum Gasteiger partial charge on any atom is 0.159 e. The highest BCUT2D eigenvalue weighted by molar-refractivity contribution is 5.17. The van der Waals surface area contributed by atoms with Gasteiger partial charge in [-0.2, -0.15) is 0 Å². The molecule has 0 saturated carbocycles. The van der Waals surface area contributed by atoms with E-state index in [4.69, 9.17) is 9.47 Å². The third kappa shape index (κ3) is 3.49. The van der Waals surface area contributed by atoms with Gasteiger partial charge in [0.15, 0.2) is 6.29 Å². The number of aryl methyl sites for hydroxylation is 1. The summed E-state index contributed by atoms with van der Waals surface area (Å²) >= 11 is 0. The molecule has 1 unspecified atom stereocenters. The lowest BCUT2D eigenvalue weighted by atomic mass is 10.1. The maximum absolute atomic E-state index is 5.49. The van der Waals surface area contributed by atoms with Crippen LogP contribution < -0.4 is 5.32 Å². The number of aromatic nitrogens is 1. The van der Waals surface area contributed by atoms with E-state index in [2.05, 4.69) is 23.3 Å². The first-order chi connectivity index (χ1) is 8.29. The highest BCUT2D eigenvalue weighted by atomic mass is 16.7. The predicted molar refractivity (Wildman–Crippen MR) is 65.7 cm³/mol. The van der Waals surface area contributed by atoms with Crippen molar-refractivity contribution in [3.05, 3.63) is 29.6 Å². The molecule has 4 nitrogen and oxygen atoms in total. The Labute approximate surface area is 102 Å². The average Bonchev–Trinajstić information content (AvgIpc) is 2.82. The second kappa shape index (κ2) is 6.10. The molecule has 0 amide bonds. The smallest absolute Gasteiger partial charge is 0.159 e. The summed E-state index contributed by atoms with van der Waals surface area (Å²) in [7, 11) is 0. The van der Waals surface area contributed by atoms with Gasteiger partial charge < -0.3 is 14.8 Å². The monoisotopic (exact) mass is 236 g/mol. The fourth-order valence-electron chi connectivity index (χ4n) is 2.00. The third-order valence-electron chi connectivity index (χ3n) is 2.91. The van der Waals surface area contributed by atoms with Crippen molar-refractivity contribution in [1.82, 2.24) is 10.3 Å². The molecular formula is C13H20N2O2. The minimum absolute atomic E-state index is 0.0830. The summed E-state index contributed by atoms with van der Waals surface area (Å²) in [5.74, 6) is 0. The van der Waals surface area contributed by atoms with Gasteiger partial charge in [0.1, 0.15) is 0 Å². The summed E-state index contributed by atoms with van der Waals surface area (Å²) in [5.41, 5.74) is 2.23. The van der Waals surface area contributed by atoms with Crippen LogP contribution in [-0.2, 0) is 9.47 Å².